The van der Waals surface area contributed by atoms with Gasteiger partial charge in [0.25, 0.3) is 0 Å². The molecule has 0 heterocycles. The van der Waals surface area contributed by atoms with Gasteiger partial charge < -0.3 is 20.4 Å². The largest absolute Gasteiger partial charge is 0.481 e. The van der Waals surface area contributed by atoms with Gasteiger partial charge in [-0.25, -0.2) is 0 Å². The van der Waals surface area contributed by atoms with E-state index in [9.17, 15) is 39.6 Å². The fraction of sp³-hybridized carbons (Fsp3) is 0.765. The molecule has 0 aromatic rings. The van der Waals surface area contributed by atoms with Crippen molar-refractivity contribution in [3.63, 3.8) is 0 Å². The number of rotatable bonds is 4. The molecule has 0 radical (unpaired) electrons. The van der Waals surface area contributed by atoms with Gasteiger partial charge in [0.05, 0.1) is 23.7 Å². The van der Waals surface area contributed by atoms with Crippen molar-refractivity contribution < 1.29 is 39.6 Å². The first kappa shape index (κ1) is 16.4. The minimum absolute atomic E-state index is 0.183. The minimum Gasteiger partial charge on any atom is -0.481 e. The Morgan fingerprint density at radius 3 is 1.08 bits per heavy atom. The number of aliphatic carboxylic acids is 4. The maximum absolute atomic E-state index is 11.8. The highest BCUT2D eigenvalue weighted by molar-refractivity contribution is 5.83. The van der Waals surface area contributed by atoms with Crippen molar-refractivity contribution in [1.82, 2.24) is 0 Å². The van der Waals surface area contributed by atoms with Crippen LogP contribution in [0.4, 0.5) is 0 Å². The average Bonchev–Trinajstić information content (AvgIpc) is 3.11. The Morgan fingerprint density at radius 1 is 0.520 bits per heavy atom. The zero-order valence-electron chi connectivity index (χ0n) is 13.3. The highest BCUT2D eigenvalue weighted by Gasteiger charge is 2.71. The number of carboxylic acid groups (broad SMARTS) is 4. The summed E-state index contributed by atoms with van der Waals surface area (Å²) in [4.78, 5) is 46.9. The molecule has 8 heteroatoms. The van der Waals surface area contributed by atoms with Crippen molar-refractivity contribution >= 4 is 23.9 Å². The first-order valence-corrected chi connectivity index (χ1v) is 8.67. The van der Waals surface area contributed by atoms with E-state index in [-0.39, 0.29) is 35.5 Å². The molecule has 10 atom stereocenters. The summed E-state index contributed by atoms with van der Waals surface area (Å²) in [5.41, 5.74) is 0. The fourth-order valence-corrected chi connectivity index (χ4v) is 7.20. The lowest BCUT2D eigenvalue weighted by molar-refractivity contribution is -0.188. The van der Waals surface area contributed by atoms with Gasteiger partial charge in [0.2, 0.25) is 0 Å². The quantitative estimate of drug-likeness (QED) is 0.578. The standard InChI is InChI=1S/C17H20O8/c18-14(19)10-4-1-2-5(11(10)15(20)21)9-7-3-6(8(4)9)12(16(22)23)13(7)17(24)25/h4-13H,1-3H2,(H,18,19)(H,20,21)(H,22,23)(H,24,25). The number of carbonyl (C=O) groups is 4. The molecule has 136 valence electrons. The number of carboxylic acids is 4. The second kappa shape index (κ2) is 5.19. The van der Waals surface area contributed by atoms with Crippen LogP contribution < -0.4 is 0 Å². The van der Waals surface area contributed by atoms with Crippen LogP contribution in [0.3, 0.4) is 0 Å². The molecule has 5 aliphatic carbocycles. The molecule has 0 aromatic carbocycles. The monoisotopic (exact) mass is 352 g/mol. The van der Waals surface area contributed by atoms with E-state index in [0.29, 0.717) is 19.3 Å². The number of hydrogen-bond acceptors (Lipinski definition) is 4. The molecule has 5 saturated carbocycles. The van der Waals surface area contributed by atoms with E-state index in [1.807, 2.05) is 0 Å². The van der Waals surface area contributed by atoms with Gasteiger partial charge in [0.1, 0.15) is 0 Å². The molecule has 4 N–H and O–H groups in total. The Kier molecular flexibility index (Phi) is 3.39. The molecule has 5 rings (SSSR count). The highest BCUT2D eigenvalue weighted by atomic mass is 16.4. The predicted molar refractivity (Wildman–Crippen MR) is 79.3 cm³/mol. The number of hydrogen-bond donors (Lipinski definition) is 4. The molecule has 0 spiro atoms. The second-order valence-corrected chi connectivity index (χ2v) is 8.08. The van der Waals surface area contributed by atoms with Crippen molar-refractivity contribution in [1.29, 1.82) is 0 Å². The lowest BCUT2D eigenvalue weighted by Crippen LogP contribution is -2.60. The highest BCUT2D eigenvalue weighted by Crippen LogP contribution is 2.70. The average molecular weight is 352 g/mol. The van der Waals surface area contributed by atoms with Gasteiger partial charge in [0.15, 0.2) is 0 Å². The summed E-state index contributed by atoms with van der Waals surface area (Å²) in [7, 11) is 0. The maximum atomic E-state index is 11.8. The van der Waals surface area contributed by atoms with E-state index in [1.54, 1.807) is 0 Å². The SMILES string of the molecule is O=C(O)C1C2CCC(C1C(=O)O)C1C3CC(C(C(=O)O)C3C(=O)O)C21. The van der Waals surface area contributed by atoms with Gasteiger partial charge in [0, 0.05) is 0 Å². The first-order valence-electron chi connectivity index (χ1n) is 8.67. The van der Waals surface area contributed by atoms with Crippen LogP contribution in [0.1, 0.15) is 19.3 Å². The van der Waals surface area contributed by atoms with E-state index in [0.717, 1.165) is 0 Å². The Labute approximate surface area is 142 Å². The van der Waals surface area contributed by atoms with E-state index in [1.165, 1.54) is 0 Å². The van der Waals surface area contributed by atoms with Crippen LogP contribution in [0.5, 0.6) is 0 Å². The molecule has 8 nitrogen and oxygen atoms in total. The van der Waals surface area contributed by atoms with E-state index in [4.69, 9.17) is 0 Å². The van der Waals surface area contributed by atoms with Gasteiger partial charge in [-0.05, 0) is 54.8 Å². The molecule has 5 fully saturated rings. The van der Waals surface area contributed by atoms with Gasteiger partial charge in [-0.15, -0.1) is 0 Å². The van der Waals surface area contributed by atoms with Crippen LogP contribution in [-0.4, -0.2) is 44.3 Å². The lowest BCUT2D eigenvalue weighted by atomic mass is 9.45. The molecular weight excluding hydrogens is 332 g/mol. The van der Waals surface area contributed by atoms with Gasteiger partial charge in [-0.2, -0.15) is 0 Å². The summed E-state index contributed by atoms with van der Waals surface area (Å²) < 4.78 is 0. The van der Waals surface area contributed by atoms with Crippen LogP contribution in [0, 0.1) is 59.2 Å². The van der Waals surface area contributed by atoms with E-state index < -0.39 is 47.5 Å². The van der Waals surface area contributed by atoms with Crippen LogP contribution in [-0.2, 0) is 19.2 Å². The molecule has 0 amide bonds. The predicted octanol–water partition coefficient (Wildman–Crippen LogP) is 0.711. The normalized spacial score (nSPS) is 49.6. The van der Waals surface area contributed by atoms with Crippen molar-refractivity contribution in [3.05, 3.63) is 0 Å². The van der Waals surface area contributed by atoms with Crippen LogP contribution >= 0.6 is 0 Å². The van der Waals surface area contributed by atoms with Crippen molar-refractivity contribution in [2.75, 3.05) is 0 Å². The van der Waals surface area contributed by atoms with Crippen LogP contribution in [0.25, 0.3) is 0 Å². The summed E-state index contributed by atoms with van der Waals surface area (Å²) in [6, 6.07) is 0. The Bertz CT molecular complexity index is 616. The fourth-order valence-electron chi connectivity index (χ4n) is 7.20. The van der Waals surface area contributed by atoms with Gasteiger partial charge >= 0.3 is 23.9 Å². The number of fused-ring (bicyclic) bond motifs is 4. The third kappa shape index (κ3) is 1.93. The molecule has 10 unspecified atom stereocenters. The summed E-state index contributed by atoms with van der Waals surface area (Å²) in [5, 5.41) is 38.3. The zero-order valence-corrected chi connectivity index (χ0v) is 13.3. The molecule has 0 aromatic heterocycles. The lowest BCUT2D eigenvalue weighted by Gasteiger charge is -2.57. The first-order chi connectivity index (χ1) is 11.8. The zero-order chi connectivity index (χ0) is 18.2. The molecular formula is C17H20O8. The Morgan fingerprint density at radius 2 is 0.800 bits per heavy atom. The minimum atomic E-state index is -1.14. The maximum Gasteiger partial charge on any atom is 0.307 e. The van der Waals surface area contributed by atoms with Crippen molar-refractivity contribution in [2.45, 2.75) is 19.3 Å². The van der Waals surface area contributed by atoms with Crippen LogP contribution in [0.2, 0.25) is 0 Å². The van der Waals surface area contributed by atoms with E-state index in [2.05, 4.69) is 0 Å². The molecule has 0 saturated heterocycles. The summed E-state index contributed by atoms with van der Waals surface area (Å²) in [6.45, 7) is 0. The summed E-state index contributed by atoms with van der Waals surface area (Å²) in [5.74, 6) is -10.4. The molecule has 5 aliphatic rings. The van der Waals surface area contributed by atoms with Crippen molar-refractivity contribution in [2.24, 2.45) is 59.2 Å². The van der Waals surface area contributed by atoms with Gasteiger partial charge in [-0.3, -0.25) is 19.2 Å². The van der Waals surface area contributed by atoms with Crippen molar-refractivity contribution in [3.8, 4) is 0 Å². The summed E-state index contributed by atoms with van der Waals surface area (Å²) in [6.07, 6.45) is 1.62. The molecule has 0 aliphatic heterocycles. The smallest absolute Gasteiger partial charge is 0.307 e. The third-order valence-electron chi connectivity index (χ3n) is 7.56. The van der Waals surface area contributed by atoms with Gasteiger partial charge in [-0.1, -0.05) is 0 Å². The third-order valence-corrected chi connectivity index (χ3v) is 7.56. The molecule has 25 heavy (non-hydrogen) atoms. The second-order valence-electron chi connectivity index (χ2n) is 8.08. The summed E-state index contributed by atoms with van der Waals surface area (Å²) >= 11 is 0. The molecule has 4 bridgehead atoms. The topological polar surface area (TPSA) is 149 Å². The van der Waals surface area contributed by atoms with Crippen LogP contribution in [0.15, 0.2) is 0 Å². The van der Waals surface area contributed by atoms with E-state index >= 15 is 0 Å². The Hall–Kier alpha value is -2.12. The Balaban J connectivity index is 1.78.